The van der Waals surface area contributed by atoms with Crippen molar-refractivity contribution in [3.05, 3.63) is 0 Å². The van der Waals surface area contributed by atoms with E-state index < -0.39 is 0 Å². The van der Waals surface area contributed by atoms with E-state index in [9.17, 15) is 0 Å². The fourth-order valence-electron chi connectivity index (χ4n) is 2.94. The van der Waals surface area contributed by atoms with Gasteiger partial charge in [0.25, 0.3) is 0 Å². The maximum absolute atomic E-state index is 5.36. The molecule has 0 bridgehead atoms. The second kappa shape index (κ2) is 5.99. The first-order valence-electron chi connectivity index (χ1n) is 6.78. The number of ether oxygens (including phenoxy) is 1. The van der Waals surface area contributed by atoms with E-state index in [1.807, 2.05) is 7.11 Å². The summed E-state index contributed by atoms with van der Waals surface area (Å²) in [7, 11) is 1.83. The van der Waals surface area contributed by atoms with Crippen molar-refractivity contribution in [2.24, 2.45) is 5.41 Å². The first-order valence-corrected chi connectivity index (χ1v) is 6.78. The summed E-state index contributed by atoms with van der Waals surface area (Å²) in [5.41, 5.74) is 0.467. The monoisotopic (exact) mass is 226 g/mol. The third kappa shape index (κ3) is 3.19. The number of nitrogens with one attached hydrogen (secondary N) is 2. The van der Waals surface area contributed by atoms with Gasteiger partial charge in [-0.2, -0.15) is 0 Å². The van der Waals surface area contributed by atoms with Gasteiger partial charge in [-0.1, -0.05) is 6.42 Å². The molecule has 2 fully saturated rings. The number of methoxy groups -OCH3 is 1. The van der Waals surface area contributed by atoms with Gasteiger partial charge in [-0.05, 0) is 45.2 Å². The van der Waals surface area contributed by atoms with E-state index in [1.54, 1.807) is 0 Å². The smallest absolute Gasteiger partial charge is 0.0530 e. The minimum absolute atomic E-state index is 0.467. The molecule has 16 heavy (non-hydrogen) atoms. The van der Waals surface area contributed by atoms with Crippen LogP contribution in [0.2, 0.25) is 0 Å². The van der Waals surface area contributed by atoms with Gasteiger partial charge in [0.15, 0.2) is 0 Å². The van der Waals surface area contributed by atoms with Crippen LogP contribution in [-0.2, 0) is 4.74 Å². The standard InChI is InChI=1S/C13H26N2O/c1-16-11-13(6-3-7-13)10-15-12-4-2-8-14-9-5-12/h12,14-15H,2-11H2,1H3. The van der Waals surface area contributed by atoms with Crippen LogP contribution in [0, 0.1) is 5.41 Å². The highest BCUT2D eigenvalue weighted by Gasteiger charge is 2.37. The molecule has 1 saturated heterocycles. The van der Waals surface area contributed by atoms with Gasteiger partial charge in [-0.15, -0.1) is 0 Å². The summed E-state index contributed by atoms with van der Waals surface area (Å²) in [6.07, 6.45) is 8.00. The number of hydrogen-bond donors (Lipinski definition) is 2. The zero-order chi connectivity index (χ0) is 11.3. The van der Waals surface area contributed by atoms with Gasteiger partial charge < -0.3 is 15.4 Å². The van der Waals surface area contributed by atoms with E-state index in [2.05, 4.69) is 10.6 Å². The molecule has 3 nitrogen and oxygen atoms in total. The van der Waals surface area contributed by atoms with Crippen molar-refractivity contribution in [3.8, 4) is 0 Å². The van der Waals surface area contributed by atoms with Crippen LogP contribution in [0.3, 0.4) is 0 Å². The van der Waals surface area contributed by atoms with Gasteiger partial charge in [0.05, 0.1) is 6.61 Å². The van der Waals surface area contributed by atoms with Gasteiger partial charge in [0.1, 0.15) is 0 Å². The predicted octanol–water partition coefficient (Wildman–Crippen LogP) is 1.53. The molecule has 0 aromatic carbocycles. The molecule has 0 spiro atoms. The van der Waals surface area contributed by atoms with Crippen LogP contribution in [-0.4, -0.2) is 39.4 Å². The van der Waals surface area contributed by atoms with Gasteiger partial charge in [0.2, 0.25) is 0 Å². The van der Waals surface area contributed by atoms with Gasteiger partial charge >= 0.3 is 0 Å². The number of hydrogen-bond acceptors (Lipinski definition) is 3. The Hall–Kier alpha value is -0.120. The molecule has 0 aromatic rings. The molecule has 94 valence electrons. The molecular weight excluding hydrogens is 200 g/mol. The molecule has 1 unspecified atom stereocenters. The molecule has 0 radical (unpaired) electrons. The summed E-state index contributed by atoms with van der Waals surface area (Å²) in [4.78, 5) is 0. The molecule has 1 atom stereocenters. The highest BCUT2D eigenvalue weighted by atomic mass is 16.5. The van der Waals surface area contributed by atoms with Crippen molar-refractivity contribution in [3.63, 3.8) is 0 Å². The molecule has 1 aliphatic carbocycles. The van der Waals surface area contributed by atoms with Crippen molar-refractivity contribution >= 4 is 0 Å². The van der Waals surface area contributed by atoms with Crippen molar-refractivity contribution in [1.82, 2.24) is 10.6 Å². The van der Waals surface area contributed by atoms with Gasteiger partial charge in [-0.25, -0.2) is 0 Å². The van der Waals surface area contributed by atoms with Crippen LogP contribution in [0.1, 0.15) is 38.5 Å². The van der Waals surface area contributed by atoms with E-state index in [4.69, 9.17) is 4.74 Å². The highest BCUT2D eigenvalue weighted by molar-refractivity contribution is 4.90. The lowest BCUT2D eigenvalue weighted by atomic mass is 9.69. The van der Waals surface area contributed by atoms with Crippen LogP contribution in [0.4, 0.5) is 0 Å². The largest absolute Gasteiger partial charge is 0.384 e. The summed E-state index contributed by atoms with van der Waals surface area (Å²) < 4.78 is 5.36. The molecule has 2 aliphatic rings. The van der Waals surface area contributed by atoms with E-state index in [-0.39, 0.29) is 0 Å². The molecule has 1 saturated carbocycles. The highest BCUT2D eigenvalue weighted by Crippen LogP contribution is 2.40. The second-order valence-electron chi connectivity index (χ2n) is 5.55. The lowest BCUT2D eigenvalue weighted by Gasteiger charge is -2.42. The molecule has 0 amide bonds. The Kier molecular flexibility index (Phi) is 4.62. The molecule has 3 heteroatoms. The fraction of sp³-hybridized carbons (Fsp3) is 1.00. The summed E-state index contributed by atoms with van der Waals surface area (Å²) in [5.74, 6) is 0. The lowest BCUT2D eigenvalue weighted by Crippen LogP contribution is -2.46. The first-order chi connectivity index (χ1) is 7.85. The van der Waals surface area contributed by atoms with E-state index in [0.717, 1.165) is 19.2 Å². The predicted molar refractivity (Wildman–Crippen MR) is 66.7 cm³/mol. The Morgan fingerprint density at radius 1 is 1.25 bits per heavy atom. The lowest BCUT2D eigenvalue weighted by molar-refractivity contribution is 0.0156. The Morgan fingerprint density at radius 3 is 2.81 bits per heavy atom. The van der Waals surface area contributed by atoms with E-state index in [0.29, 0.717) is 5.41 Å². The van der Waals surface area contributed by atoms with Crippen molar-refractivity contribution in [2.75, 3.05) is 33.4 Å². The fourth-order valence-corrected chi connectivity index (χ4v) is 2.94. The first kappa shape index (κ1) is 12.3. The molecule has 1 aliphatic heterocycles. The Balaban J connectivity index is 1.72. The Morgan fingerprint density at radius 2 is 2.12 bits per heavy atom. The maximum atomic E-state index is 5.36. The third-order valence-corrected chi connectivity index (χ3v) is 4.21. The molecule has 2 N–H and O–H groups in total. The summed E-state index contributed by atoms with van der Waals surface area (Å²) in [6.45, 7) is 4.47. The average Bonchev–Trinajstić information content (AvgIpc) is 2.50. The van der Waals surface area contributed by atoms with Crippen LogP contribution in [0.25, 0.3) is 0 Å². The molecule has 0 aromatic heterocycles. The number of rotatable bonds is 5. The van der Waals surface area contributed by atoms with Gasteiger partial charge in [-0.3, -0.25) is 0 Å². The maximum Gasteiger partial charge on any atom is 0.0530 e. The summed E-state index contributed by atoms with van der Waals surface area (Å²) in [6, 6.07) is 0.726. The zero-order valence-corrected chi connectivity index (χ0v) is 10.6. The minimum atomic E-state index is 0.467. The average molecular weight is 226 g/mol. The Bertz CT molecular complexity index is 196. The van der Waals surface area contributed by atoms with Crippen molar-refractivity contribution in [2.45, 2.75) is 44.6 Å². The summed E-state index contributed by atoms with van der Waals surface area (Å²) in [5, 5.41) is 7.23. The quantitative estimate of drug-likeness (QED) is 0.746. The normalized spacial score (nSPS) is 29.4. The van der Waals surface area contributed by atoms with Crippen LogP contribution >= 0.6 is 0 Å². The molecular formula is C13H26N2O. The summed E-state index contributed by atoms with van der Waals surface area (Å²) >= 11 is 0. The van der Waals surface area contributed by atoms with Crippen molar-refractivity contribution < 1.29 is 4.74 Å². The third-order valence-electron chi connectivity index (χ3n) is 4.21. The van der Waals surface area contributed by atoms with E-state index in [1.165, 1.54) is 51.6 Å². The van der Waals surface area contributed by atoms with Crippen LogP contribution in [0.5, 0.6) is 0 Å². The van der Waals surface area contributed by atoms with Crippen LogP contribution < -0.4 is 10.6 Å². The molecule has 1 heterocycles. The molecule has 2 rings (SSSR count). The zero-order valence-electron chi connectivity index (χ0n) is 10.6. The van der Waals surface area contributed by atoms with Crippen molar-refractivity contribution in [1.29, 1.82) is 0 Å². The van der Waals surface area contributed by atoms with E-state index >= 15 is 0 Å². The van der Waals surface area contributed by atoms with Crippen LogP contribution in [0.15, 0.2) is 0 Å². The second-order valence-corrected chi connectivity index (χ2v) is 5.55. The SMILES string of the molecule is COCC1(CNC2CCCNCC2)CCC1. The Labute approximate surface area is 99.3 Å². The topological polar surface area (TPSA) is 33.3 Å². The van der Waals surface area contributed by atoms with Gasteiger partial charge in [0, 0.05) is 25.1 Å². The minimum Gasteiger partial charge on any atom is -0.384 e.